The van der Waals surface area contributed by atoms with E-state index in [1.165, 1.54) is 0 Å². The van der Waals surface area contributed by atoms with Gasteiger partial charge in [-0.1, -0.05) is 17.3 Å². The Labute approximate surface area is 135 Å². The Morgan fingerprint density at radius 2 is 2.26 bits per heavy atom. The molecule has 1 aromatic carbocycles. The number of nitrogens with zero attached hydrogens (tertiary/aromatic N) is 3. The fourth-order valence-corrected chi connectivity index (χ4v) is 3.26. The van der Waals surface area contributed by atoms with Gasteiger partial charge in [0.05, 0.1) is 19.8 Å². The Balaban J connectivity index is 1.52. The molecule has 6 heteroatoms. The molecule has 0 unspecified atom stereocenters. The molecule has 6 nitrogen and oxygen atoms in total. The predicted octanol–water partition coefficient (Wildman–Crippen LogP) is 2.26. The van der Waals surface area contributed by atoms with Crippen LogP contribution in [-0.2, 0) is 6.54 Å². The average molecular weight is 315 g/mol. The lowest BCUT2D eigenvalue weighted by Gasteiger charge is -2.23. The van der Waals surface area contributed by atoms with Crippen molar-refractivity contribution in [2.75, 3.05) is 13.7 Å². The van der Waals surface area contributed by atoms with E-state index in [1.54, 1.807) is 7.11 Å². The SMILES string of the molecule is COc1cccc([C@H]2C[C@H](O)CN2Cc2noc(C3CC3)n2)c1. The minimum Gasteiger partial charge on any atom is -0.497 e. The van der Waals surface area contributed by atoms with Gasteiger partial charge in [-0.15, -0.1) is 0 Å². The first-order valence-electron chi connectivity index (χ1n) is 8.11. The number of aromatic nitrogens is 2. The summed E-state index contributed by atoms with van der Waals surface area (Å²) in [6.07, 6.45) is 2.68. The first-order chi connectivity index (χ1) is 11.2. The lowest BCUT2D eigenvalue weighted by Crippen LogP contribution is -2.25. The van der Waals surface area contributed by atoms with Crippen LogP contribution in [0.3, 0.4) is 0 Å². The topological polar surface area (TPSA) is 71.6 Å². The summed E-state index contributed by atoms with van der Waals surface area (Å²) in [6, 6.07) is 8.16. The van der Waals surface area contributed by atoms with Gasteiger partial charge in [-0.05, 0) is 37.0 Å². The Morgan fingerprint density at radius 1 is 1.39 bits per heavy atom. The molecule has 2 atom stereocenters. The number of rotatable bonds is 5. The third-order valence-electron chi connectivity index (χ3n) is 4.61. The molecule has 23 heavy (non-hydrogen) atoms. The van der Waals surface area contributed by atoms with E-state index in [0.717, 1.165) is 30.0 Å². The van der Waals surface area contributed by atoms with Crippen LogP contribution in [0.4, 0.5) is 0 Å². The largest absolute Gasteiger partial charge is 0.497 e. The molecule has 0 bridgehead atoms. The highest BCUT2D eigenvalue weighted by atomic mass is 16.5. The van der Waals surface area contributed by atoms with Gasteiger partial charge in [0.1, 0.15) is 5.75 Å². The number of hydrogen-bond donors (Lipinski definition) is 1. The quantitative estimate of drug-likeness (QED) is 0.912. The summed E-state index contributed by atoms with van der Waals surface area (Å²) in [4.78, 5) is 6.71. The third-order valence-corrected chi connectivity index (χ3v) is 4.61. The molecule has 1 N–H and O–H groups in total. The van der Waals surface area contributed by atoms with Crippen LogP contribution in [0.1, 0.15) is 48.5 Å². The first-order valence-corrected chi connectivity index (χ1v) is 8.11. The van der Waals surface area contributed by atoms with E-state index < -0.39 is 0 Å². The lowest BCUT2D eigenvalue weighted by molar-refractivity contribution is 0.170. The van der Waals surface area contributed by atoms with Crippen LogP contribution >= 0.6 is 0 Å². The zero-order valence-electron chi connectivity index (χ0n) is 13.2. The molecule has 122 valence electrons. The van der Waals surface area contributed by atoms with Crippen LogP contribution in [0.25, 0.3) is 0 Å². The number of likely N-dealkylation sites (tertiary alicyclic amines) is 1. The molecular formula is C17H21N3O3. The lowest BCUT2D eigenvalue weighted by atomic mass is 10.0. The molecule has 1 aliphatic carbocycles. The second-order valence-electron chi connectivity index (χ2n) is 6.43. The first kappa shape index (κ1) is 14.7. The van der Waals surface area contributed by atoms with Crippen LogP contribution in [0.5, 0.6) is 5.75 Å². The van der Waals surface area contributed by atoms with Crippen molar-refractivity contribution in [2.24, 2.45) is 0 Å². The zero-order chi connectivity index (χ0) is 15.8. The Hall–Kier alpha value is -1.92. The van der Waals surface area contributed by atoms with Gasteiger partial charge < -0.3 is 14.4 Å². The highest BCUT2D eigenvalue weighted by molar-refractivity contribution is 5.31. The van der Waals surface area contributed by atoms with Gasteiger partial charge in [-0.2, -0.15) is 4.98 Å². The number of ether oxygens (including phenoxy) is 1. The molecule has 1 aliphatic heterocycles. The number of hydrogen-bond acceptors (Lipinski definition) is 6. The molecule has 1 saturated carbocycles. The van der Waals surface area contributed by atoms with Crippen LogP contribution in [0.15, 0.2) is 28.8 Å². The zero-order valence-corrected chi connectivity index (χ0v) is 13.2. The van der Waals surface area contributed by atoms with Crippen LogP contribution < -0.4 is 4.74 Å². The normalized spacial score (nSPS) is 25.0. The monoisotopic (exact) mass is 315 g/mol. The molecule has 0 spiro atoms. The van der Waals surface area contributed by atoms with Gasteiger partial charge >= 0.3 is 0 Å². The molecule has 0 amide bonds. The number of benzene rings is 1. The van der Waals surface area contributed by atoms with Gasteiger partial charge in [-0.3, -0.25) is 4.90 Å². The smallest absolute Gasteiger partial charge is 0.229 e. The van der Waals surface area contributed by atoms with Gasteiger partial charge in [0.2, 0.25) is 5.89 Å². The van der Waals surface area contributed by atoms with Crippen molar-refractivity contribution in [1.29, 1.82) is 0 Å². The van der Waals surface area contributed by atoms with Crippen molar-refractivity contribution in [1.82, 2.24) is 15.0 Å². The second-order valence-corrected chi connectivity index (χ2v) is 6.43. The molecule has 2 aliphatic rings. The van der Waals surface area contributed by atoms with E-state index >= 15 is 0 Å². The van der Waals surface area contributed by atoms with E-state index in [9.17, 15) is 5.11 Å². The summed E-state index contributed by atoms with van der Waals surface area (Å²) in [5, 5.41) is 14.2. The second kappa shape index (κ2) is 5.94. The van der Waals surface area contributed by atoms with Gasteiger partial charge in [0.25, 0.3) is 0 Å². The van der Waals surface area contributed by atoms with Crippen molar-refractivity contribution in [3.63, 3.8) is 0 Å². The maximum absolute atomic E-state index is 10.1. The Kier molecular flexibility index (Phi) is 3.79. The minimum atomic E-state index is -0.332. The number of aliphatic hydroxyl groups excluding tert-OH is 1. The third kappa shape index (κ3) is 3.09. The van der Waals surface area contributed by atoms with Crippen molar-refractivity contribution in [3.05, 3.63) is 41.5 Å². The van der Waals surface area contributed by atoms with Crippen LogP contribution in [0.2, 0.25) is 0 Å². The van der Waals surface area contributed by atoms with E-state index in [0.29, 0.717) is 31.3 Å². The molecule has 1 aromatic heterocycles. The average Bonchev–Trinajstić information content (AvgIpc) is 3.21. The Bertz CT molecular complexity index is 683. The van der Waals surface area contributed by atoms with Crippen molar-refractivity contribution in [2.45, 2.75) is 43.9 Å². The van der Waals surface area contributed by atoms with E-state index in [2.05, 4.69) is 21.1 Å². The van der Waals surface area contributed by atoms with Gasteiger partial charge in [0.15, 0.2) is 5.82 Å². The molecular weight excluding hydrogens is 294 g/mol. The number of aliphatic hydroxyl groups is 1. The fraction of sp³-hybridized carbons (Fsp3) is 0.529. The summed E-state index contributed by atoms with van der Waals surface area (Å²) in [5.74, 6) is 2.76. The molecule has 2 heterocycles. The summed E-state index contributed by atoms with van der Waals surface area (Å²) in [7, 11) is 1.67. The van der Waals surface area contributed by atoms with E-state index in [4.69, 9.17) is 9.26 Å². The van der Waals surface area contributed by atoms with Crippen molar-refractivity contribution >= 4 is 0 Å². The van der Waals surface area contributed by atoms with Crippen LogP contribution in [-0.4, -0.2) is 39.9 Å². The fourth-order valence-electron chi connectivity index (χ4n) is 3.26. The predicted molar refractivity (Wildman–Crippen MR) is 83.0 cm³/mol. The van der Waals surface area contributed by atoms with Gasteiger partial charge in [0, 0.05) is 18.5 Å². The number of methoxy groups -OCH3 is 1. The minimum absolute atomic E-state index is 0.142. The summed E-state index contributed by atoms with van der Waals surface area (Å²) in [6.45, 7) is 1.21. The summed E-state index contributed by atoms with van der Waals surface area (Å²) < 4.78 is 10.6. The Morgan fingerprint density at radius 3 is 3.04 bits per heavy atom. The molecule has 2 fully saturated rings. The van der Waals surface area contributed by atoms with Crippen molar-refractivity contribution in [3.8, 4) is 5.75 Å². The number of β-amino-alcohol motifs (C(OH)–C–C–N with tert-alkyl or cyclic N) is 1. The summed E-state index contributed by atoms with van der Waals surface area (Å²) in [5.41, 5.74) is 1.15. The maximum atomic E-state index is 10.1. The molecule has 0 radical (unpaired) electrons. The van der Waals surface area contributed by atoms with Crippen molar-refractivity contribution < 1.29 is 14.4 Å². The highest BCUT2D eigenvalue weighted by Crippen LogP contribution is 2.39. The molecule has 4 rings (SSSR count). The maximum Gasteiger partial charge on any atom is 0.229 e. The van der Waals surface area contributed by atoms with E-state index in [-0.39, 0.29) is 12.1 Å². The van der Waals surface area contributed by atoms with Crippen LogP contribution in [0, 0.1) is 0 Å². The summed E-state index contributed by atoms with van der Waals surface area (Å²) >= 11 is 0. The molecule has 1 saturated heterocycles. The van der Waals surface area contributed by atoms with Gasteiger partial charge in [-0.25, -0.2) is 0 Å². The standard InChI is InChI=1S/C17H21N3O3/c1-22-14-4-2-3-12(7-14)15-8-13(21)9-20(15)10-16-18-17(23-19-16)11-5-6-11/h2-4,7,11,13,15,21H,5-6,8-10H2,1H3/t13-,15+/m0/s1. The molecule has 2 aromatic rings. The van der Waals surface area contributed by atoms with E-state index in [1.807, 2.05) is 18.2 Å². The highest BCUT2D eigenvalue weighted by Gasteiger charge is 2.34.